The molecule has 1 N–H and O–H groups in total. The highest BCUT2D eigenvalue weighted by molar-refractivity contribution is 6.31. The molecule has 7 heteroatoms. The van der Waals surface area contributed by atoms with Gasteiger partial charge in [-0.2, -0.15) is 0 Å². The predicted octanol–water partition coefficient (Wildman–Crippen LogP) is 4.26. The van der Waals surface area contributed by atoms with E-state index < -0.39 is 17.5 Å². The summed E-state index contributed by atoms with van der Waals surface area (Å²) in [5.41, 5.74) is 1.04. The van der Waals surface area contributed by atoms with E-state index in [9.17, 15) is 13.6 Å². The van der Waals surface area contributed by atoms with Crippen LogP contribution in [0.15, 0.2) is 54.6 Å². The van der Waals surface area contributed by atoms with E-state index >= 15 is 0 Å². The van der Waals surface area contributed by atoms with Crippen molar-refractivity contribution in [2.45, 2.75) is 6.42 Å². The molecule has 2 aromatic carbocycles. The fraction of sp³-hybridized carbons (Fsp3) is 0.0556. The quantitative estimate of drug-likeness (QED) is 0.757. The Hall–Kier alpha value is -2.86. The maximum atomic E-state index is 13.7. The van der Waals surface area contributed by atoms with Gasteiger partial charge in [-0.15, -0.1) is 10.2 Å². The Labute approximate surface area is 147 Å². The van der Waals surface area contributed by atoms with Crippen LogP contribution in [-0.4, -0.2) is 16.1 Å². The van der Waals surface area contributed by atoms with Gasteiger partial charge in [0, 0.05) is 10.6 Å². The van der Waals surface area contributed by atoms with Gasteiger partial charge < -0.3 is 5.32 Å². The van der Waals surface area contributed by atoms with Crippen LogP contribution in [0.4, 0.5) is 14.6 Å². The van der Waals surface area contributed by atoms with Gasteiger partial charge >= 0.3 is 0 Å². The monoisotopic (exact) mass is 359 g/mol. The normalized spacial score (nSPS) is 10.5. The standard InChI is InChI=1S/C18H12ClF2N3O/c19-14-6-5-12(20)9-11(14)10-18(25)22-17-8-7-16(23-24-17)13-3-1-2-4-15(13)21/h1-9H,10H2,(H,22,24,25). The molecule has 0 saturated carbocycles. The number of carbonyl (C=O) groups is 1. The number of rotatable bonds is 4. The van der Waals surface area contributed by atoms with E-state index in [0.717, 1.165) is 0 Å². The zero-order chi connectivity index (χ0) is 17.8. The van der Waals surface area contributed by atoms with Crippen LogP contribution in [0, 0.1) is 11.6 Å². The average Bonchev–Trinajstić information content (AvgIpc) is 2.59. The summed E-state index contributed by atoms with van der Waals surface area (Å²) in [5.74, 6) is -1.09. The van der Waals surface area contributed by atoms with Crippen molar-refractivity contribution in [2.24, 2.45) is 0 Å². The lowest BCUT2D eigenvalue weighted by molar-refractivity contribution is -0.115. The van der Waals surface area contributed by atoms with Gasteiger partial charge in [-0.3, -0.25) is 4.79 Å². The number of amides is 1. The third kappa shape index (κ3) is 4.16. The van der Waals surface area contributed by atoms with Crippen LogP contribution in [-0.2, 0) is 11.2 Å². The Bertz CT molecular complexity index is 916. The number of aromatic nitrogens is 2. The van der Waals surface area contributed by atoms with Crippen molar-refractivity contribution in [1.82, 2.24) is 10.2 Å². The Balaban J connectivity index is 1.70. The lowest BCUT2D eigenvalue weighted by Gasteiger charge is -2.07. The smallest absolute Gasteiger partial charge is 0.230 e. The first-order chi connectivity index (χ1) is 12.0. The number of carbonyl (C=O) groups excluding carboxylic acids is 1. The molecule has 0 bridgehead atoms. The molecule has 0 aliphatic rings. The van der Waals surface area contributed by atoms with Crippen molar-refractivity contribution in [1.29, 1.82) is 0 Å². The van der Waals surface area contributed by atoms with Crippen molar-refractivity contribution >= 4 is 23.3 Å². The zero-order valence-electron chi connectivity index (χ0n) is 12.8. The van der Waals surface area contributed by atoms with E-state index in [2.05, 4.69) is 15.5 Å². The number of anilines is 1. The highest BCUT2D eigenvalue weighted by Gasteiger charge is 2.11. The van der Waals surface area contributed by atoms with Crippen LogP contribution in [0.2, 0.25) is 5.02 Å². The Kier molecular flexibility index (Phi) is 5.00. The molecule has 4 nitrogen and oxygen atoms in total. The zero-order valence-corrected chi connectivity index (χ0v) is 13.6. The highest BCUT2D eigenvalue weighted by Crippen LogP contribution is 2.21. The SMILES string of the molecule is O=C(Cc1cc(F)ccc1Cl)Nc1ccc(-c2ccccc2F)nn1. The maximum absolute atomic E-state index is 13.7. The molecule has 126 valence electrons. The molecule has 0 aliphatic heterocycles. The lowest BCUT2D eigenvalue weighted by atomic mass is 10.1. The number of nitrogens with one attached hydrogen (secondary N) is 1. The lowest BCUT2D eigenvalue weighted by Crippen LogP contribution is -2.16. The van der Waals surface area contributed by atoms with Crippen molar-refractivity contribution in [3.63, 3.8) is 0 Å². The van der Waals surface area contributed by atoms with Crippen LogP contribution < -0.4 is 5.32 Å². The van der Waals surface area contributed by atoms with Crippen LogP contribution in [0.5, 0.6) is 0 Å². The first-order valence-corrected chi connectivity index (χ1v) is 7.73. The third-order valence-electron chi connectivity index (χ3n) is 3.44. The molecule has 1 aromatic heterocycles. The van der Waals surface area contributed by atoms with Gasteiger partial charge in [0.25, 0.3) is 0 Å². The van der Waals surface area contributed by atoms with E-state index in [1.807, 2.05) is 0 Å². The summed E-state index contributed by atoms with van der Waals surface area (Å²) in [6.45, 7) is 0. The molecular formula is C18H12ClF2N3O. The van der Waals surface area contributed by atoms with E-state index in [1.54, 1.807) is 24.3 Å². The fourth-order valence-electron chi connectivity index (χ4n) is 2.25. The molecule has 25 heavy (non-hydrogen) atoms. The second kappa shape index (κ2) is 7.36. The summed E-state index contributed by atoms with van der Waals surface area (Å²) in [7, 11) is 0. The van der Waals surface area contributed by atoms with E-state index in [-0.39, 0.29) is 12.2 Å². The fourth-order valence-corrected chi connectivity index (χ4v) is 2.43. The molecule has 3 rings (SSSR count). The van der Waals surface area contributed by atoms with Crippen LogP contribution in [0.3, 0.4) is 0 Å². The molecule has 0 fully saturated rings. The summed E-state index contributed by atoms with van der Waals surface area (Å²) in [6, 6.07) is 13.1. The van der Waals surface area contributed by atoms with Crippen molar-refractivity contribution < 1.29 is 13.6 Å². The van der Waals surface area contributed by atoms with Crippen molar-refractivity contribution in [3.8, 4) is 11.3 Å². The first-order valence-electron chi connectivity index (χ1n) is 7.35. The van der Waals surface area contributed by atoms with Crippen molar-refractivity contribution in [3.05, 3.63) is 76.8 Å². The minimum absolute atomic E-state index is 0.104. The van der Waals surface area contributed by atoms with E-state index in [1.165, 1.54) is 30.3 Å². The number of hydrogen-bond donors (Lipinski definition) is 1. The largest absolute Gasteiger partial charge is 0.309 e. The summed E-state index contributed by atoms with van der Waals surface area (Å²) >= 11 is 5.94. The van der Waals surface area contributed by atoms with Crippen LogP contribution in [0.25, 0.3) is 11.3 Å². The van der Waals surface area contributed by atoms with E-state index in [4.69, 9.17) is 11.6 Å². The Morgan fingerprint density at radius 1 is 1.04 bits per heavy atom. The number of halogens is 3. The Morgan fingerprint density at radius 3 is 2.56 bits per heavy atom. The number of benzene rings is 2. The van der Waals surface area contributed by atoms with Gasteiger partial charge in [-0.25, -0.2) is 8.78 Å². The molecular weight excluding hydrogens is 348 g/mol. The van der Waals surface area contributed by atoms with Gasteiger partial charge in [-0.05, 0) is 48.0 Å². The van der Waals surface area contributed by atoms with Gasteiger partial charge in [-0.1, -0.05) is 23.7 Å². The first kappa shape index (κ1) is 17.0. The number of nitrogens with zero attached hydrogens (tertiary/aromatic N) is 2. The third-order valence-corrected chi connectivity index (χ3v) is 3.81. The average molecular weight is 360 g/mol. The second-order valence-corrected chi connectivity index (χ2v) is 5.65. The predicted molar refractivity (Wildman–Crippen MR) is 91.2 cm³/mol. The van der Waals surface area contributed by atoms with Gasteiger partial charge in [0.2, 0.25) is 5.91 Å². The molecule has 0 saturated heterocycles. The van der Waals surface area contributed by atoms with E-state index in [0.29, 0.717) is 21.8 Å². The summed E-state index contributed by atoms with van der Waals surface area (Å²) in [4.78, 5) is 12.0. The van der Waals surface area contributed by atoms with Gasteiger partial charge in [0.05, 0.1) is 12.1 Å². The molecule has 0 unspecified atom stereocenters. The van der Waals surface area contributed by atoms with Gasteiger partial charge in [0.1, 0.15) is 11.6 Å². The number of hydrogen-bond acceptors (Lipinski definition) is 3. The molecule has 0 radical (unpaired) electrons. The molecule has 0 aliphatic carbocycles. The molecule has 1 heterocycles. The van der Waals surface area contributed by atoms with Crippen LogP contribution >= 0.6 is 11.6 Å². The molecule has 3 aromatic rings. The summed E-state index contributed by atoms with van der Waals surface area (Å²) in [5, 5.41) is 10.6. The van der Waals surface area contributed by atoms with Crippen molar-refractivity contribution in [2.75, 3.05) is 5.32 Å². The topological polar surface area (TPSA) is 54.9 Å². The Morgan fingerprint density at radius 2 is 1.84 bits per heavy atom. The molecule has 0 atom stereocenters. The van der Waals surface area contributed by atoms with Crippen LogP contribution in [0.1, 0.15) is 5.56 Å². The summed E-state index contributed by atoms with van der Waals surface area (Å²) < 4.78 is 26.9. The highest BCUT2D eigenvalue weighted by atomic mass is 35.5. The maximum Gasteiger partial charge on any atom is 0.230 e. The second-order valence-electron chi connectivity index (χ2n) is 5.24. The van der Waals surface area contributed by atoms with Gasteiger partial charge in [0.15, 0.2) is 5.82 Å². The molecule has 1 amide bonds. The molecule has 0 spiro atoms. The minimum atomic E-state index is -0.471. The summed E-state index contributed by atoms with van der Waals surface area (Å²) in [6.07, 6.45) is -0.104. The minimum Gasteiger partial charge on any atom is -0.309 e.